The lowest BCUT2D eigenvalue weighted by Crippen LogP contribution is -2.02. The number of hydrogen-bond acceptors (Lipinski definition) is 4. The highest BCUT2D eigenvalue weighted by Gasteiger charge is 2.05. The summed E-state index contributed by atoms with van der Waals surface area (Å²) in [7, 11) is 0. The number of benzene rings is 2. The van der Waals surface area contributed by atoms with Gasteiger partial charge in [-0.15, -0.1) is 0 Å². The molecule has 0 fully saturated rings. The van der Waals surface area contributed by atoms with Crippen molar-refractivity contribution in [3.63, 3.8) is 0 Å². The van der Waals surface area contributed by atoms with Gasteiger partial charge in [-0.2, -0.15) is 5.26 Å². The first-order valence-corrected chi connectivity index (χ1v) is 6.83. The SMILES string of the molecule is CCOc1cc(CNc2cc(C#N)ccc2C)ccc1O. The van der Waals surface area contributed by atoms with E-state index in [0.717, 1.165) is 16.8 Å². The summed E-state index contributed by atoms with van der Waals surface area (Å²) in [6.07, 6.45) is 0. The molecule has 0 amide bonds. The normalized spacial score (nSPS) is 9.95. The van der Waals surface area contributed by atoms with E-state index in [4.69, 9.17) is 10.00 Å². The van der Waals surface area contributed by atoms with E-state index < -0.39 is 0 Å². The molecule has 21 heavy (non-hydrogen) atoms. The van der Waals surface area contributed by atoms with Crippen LogP contribution in [0, 0.1) is 18.3 Å². The molecule has 0 atom stereocenters. The van der Waals surface area contributed by atoms with E-state index in [2.05, 4.69) is 11.4 Å². The second kappa shape index (κ2) is 6.67. The van der Waals surface area contributed by atoms with Crippen molar-refractivity contribution in [1.29, 1.82) is 5.26 Å². The zero-order valence-electron chi connectivity index (χ0n) is 12.2. The van der Waals surface area contributed by atoms with Gasteiger partial charge in [0.25, 0.3) is 0 Å². The maximum atomic E-state index is 9.68. The highest BCUT2D eigenvalue weighted by atomic mass is 16.5. The smallest absolute Gasteiger partial charge is 0.161 e. The molecule has 2 aromatic carbocycles. The largest absolute Gasteiger partial charge is 0.504 e. The summed E-state index contributed by atoms with van der Waals surface area (Å²) in [4.78, 5) is 0. The number of anilines is 1. The minimum absolute atomic E-state index is 0.142. The van der Waals surface area contributed by atoms with Crippen molar-refractivity contribution in [1.82, 2.24) is 0 Å². The average Bonchev–Trinajstić information content (AvgIpc) is 2.49. The van der Waals surface area contributed by atoms with Crippen LogP contribution in [0.1, 0.15) is 23.6 Å². The number of nitrogens with zero attached hydrogens (tertiary/aromatic N) is 1. The molecular formula is C17H18N2O2. The zero-order valence-corrected chi connectivity index (χ0v) is 12.2. The third-order valence-electron chi connectivity index (χ3n) is 3.17. The minimum atomic E-state index is 0.142. The fourth-order valence-corrected chi connectivity index (χ4v) is 2.02. The van der Waals surface area contributed by atoms with Gasteiger partial charge in [0.05, 0.1) is 18.2 Å². The second-order valence-electron chi connectivity index (χ2n) is 4.73. The molecule has 0 unspecified atom stereocenters. The predicted molar refractivity (Wildman–Crippen MR) is 82.5 cm³/mol. The van der Waals surface area contributed by atoms with Crippen LogP contribution in [0.2, 0.25) is 0 Å². The molecule has 0 aliphatic heterocycles. The summed E-state index contributed by atoms with van der Waals surface area (Å²) < 4.78 is 5.37. The number of ether oxygens (including phenoxy) is 1. The van der Waals surface area contributed by atoms with Gasteiger partial charge in [-0.1, -0.05) is 12.1 Å². The Hall–Kier alpha value is -2.67. The van der Waals surface area contributed by atoms with Gasteiger partial charge in [0.1, 0.15) is 0 Å². The minimum Gasteiger partial charge on any atom is -0.504 e. The van der Waals surface area contributed by atoms with Gasteiger partial charge < -0.3 is 15.2 Å². The highest BCUT2D eigenvalue weighted by Crippen LogP contribution is 2.27. The number of aromatic hydroxyl groups is 1. The Labute approximate surface area is 124 Å². The monoisotopic (exact) mass is 282 g/mol. The first-order valence-electron chi connectivity index (χ1n) is 6.83. The number of nitrogens with one attached hydrogen (secondary N) is 1. The van der Waals surface area contributed by atoms with Crippen LogP contribution < -0.4 is 10.1 Å². The third kappa shape index (κ3) is 3.67. The predicted octanol–water partition coefficient (Wildman–Crippen LogP) is 3.58. The van der Waals surface area contributed by atoms with Gasteiger partial charge in [-0.3, -0.25) is 0 Å². The number of phenols is 1. The van der Waals surface area contributed by atoms with Gasteiger partial charge in [-0.25, -0.2) is 0 Å². The summed E-state index contributed by atoms with van der Waals surface area (Å²) in [5.41, 5.74) is 3.64. The van der Waals surface area contributed by atoms with E-state index in [1.165, 1.54) is 0 Å². The number of hydrogen-bond donors (Lipinski definition) is 2. The van der Waals surface area contributed by atoms with E-state index in [0.29, 0.717) is 24.5 Å². The maximum absolute atomic E-state index is 9.68. The van der Waals surface area contributed by atoms with Crippen molar-refractivity contribution in [3.8, 4) is 17.6 Å². The lowest BCUT2D eigenvalue weighted by atomic mass is 10.1. The molecule has 0 saturated heterocycles. The molecule has 2 N–H and O–H groups in total. The molecular weight excluding hydrogens is 264 g/mol. The van der Waals surface area contributed by atoms with Gasteiger partial charge in [0, 0.05) is 12.2 Å². The van der Waals surface area contributed by atoms with Crippen molar-refractivity contribution >= 4 is 5.69 Å². The molecule has 0 spiro atoms. The first kappa shape index (κ1) is 14.7. The van der Waals surface area contributed by atoms with Crippen molar-refractivity contribution < 1.29 is 9.84 Å². The second-order valence-corrected chi connectivity index (χ2v) is 4.73. The lowest BCUT2D eigenvalue weighted by Gasteiger charge is -2.12. The number of nitriles is 1. The van der Waals surface area contributed by atoms with Crippen molar-refractivity contribution in [2.75, 3.05) is 11.9 Å². The molecule has 0 heterocycles. The van der Waals surface area contributed by atoms with Crippen LogP contribution >= 0.6 is 0 Å². The Kier molecular flexibility index (Phi) is 4.68. The molecule has 0 aliphatic rings. The van der Waals surface area contributed by atoms with Gasteiger partial charge in [0.15, 0.2) is 11.5 Å². The topological polar surface area (TPSA) is 65.3 Å². The quantitative estimate of drug-likeness (QED) is 0.879. The van der Waals surface area contributed by atoms with Crippen LogP contribution in [0.5, 0.6) is 11.5 Å². The molecule has 4 heteroatoms. The summed E-state index contributed by atoms with van der Waals surface area (Å²) in [6, 6.07) is 13.0. The summed E-state index contributed by atoms with van der Waals surface area (Å²) in [5.74, 6) is 0.627. The fourth-order valence-electron chi connectivity index (χ4n) is 2.02. The molecule has 2 aromatic rings. The lowest BCUT2D eigenvalue weighted by molar-refractivity contribution is 0.318. The van der Waals surface area contributed by atoms with Crippen LogP contribution in [0.15, 0.2) is 36.4 Å². The van der Waals surface area contributed by atoms with Gasteiger partial charge in [0.2, 0.25) is 0 Å². The summed E-state index contributed by atoms with van der Waals surface area (Å²) in [5, 5.41) is 21.9. The van der Waals surface area contributed by atoms with Gasteiger partial charge >= 0.3 is 0 Å². The molecule has 108 valence electrons. The van der Waals surface area contributed by atoms with Crippen LogP contribution in [0.3, 0.4) is 0 Å². The van der Waals surface area contributed by atoms with Crippen LogP contribution in [-0.2, 0) is 6.54 Å². The molecule has 4 nitrogen and oxygen atoms in total. The van der Waals surface area contributed by atoms with E-state index in [-0.39, 0.29) is 5.75 Å². The Bertz CT molecular complexity index is 675. The van der Waals surface area contributed by atoms with Crippen LogP contribution in [0.4, 0.5) is 5.69 Å². The number of rotatable bonds is 5. The number of phenolic OH excluding ortho intramolecular Hbond substituents is 1. The van der Waals surface area contributed by atoms with Crippen LogP contribution in [-0.4, -0.2) is 11.7 Å². The molecule has 0 aromatic heterocycles. The third-order valence-corrected chi connectivity index (χ3v) is 3.17. The average molecular weight is 282 g/mol. The first-order chi connectivity index (χ1) is 10.1. The fraction of sp³-hybridized carbons (Fsp3) is 0.235. The van der Waals surface area contributed by atoms with E-state index >= 15 is 0 Å². The van der Waals surface area contributed by atoms with Crippen LogP contribution in [0.25, 0.3) is 0 Å². The van der Waals surface area contributed by atoms with E-state index in [1.54, 1.807) is 12.1 Å². The molecule has 0 aliphatic carbocycles. The van der Waals surface area contributed by atoms with Crippen molar-refractivity contribution in [3.05, 3.63) is 53.1 Å². The number of aryl methyl sites for hydroxylation is 1. The van der Waals surface area contributed by atoms with E-state index in [9.17, 15) is 5.11 Å². The Morgan fingerprint density at radius 2 is 2.05 bits per heavy atom. The highest BCUT2D eigenvalue weighted by molar-refractivity contribution is 5.55. The molecule has 2 rings (SSSR count). The Morgan fingerprint density at radius 1 is 1.24 bits per heavy atom. The summed E-state index contributed by atoms with van der Waals surface area (Å²) >= 11 is 0. The molecule has 0 bridgehead atoms. The maximum Gasteiger partial charge on any atom is 0.161 e. The van der Waals surface area contributed by atoms with Crippen molar-refractivity contribution in [2.24, 2.45) is 0 Å². The van der Waals surface area contributed by atoms with Crippen molar-refractivity contribution in [2.45, 2.75) is 20.4 Å². The van der Waals surface area contributed by atoms with E-state index in [1.807, 2.05) is 38.1 Å². The Balaban J connectivity index is 2.13. The summed E-state index contributed by atoms with van der Waals surface area (Å²) in [6.45, 7) is 4.97. The molecule has 0 radical (unpaired) electrons. The molecule has 0 saturated carbocycles. The van der Waals surface area contributed by atoms with Gasteiger partial charge in [-0.05, 0) is 49.2 Å². The Morgan fingerprint density at radius 3 is 2.76 bits per heavy atom. The zero-order chi connectivity index (χ0) is 15.2. The standard InChI is InChI=1S/C17H18N2O2/c1-3-21-17-9-14(6-7-16(17)20)11-19-15-8-13(10-18)5-4-12(15)2/h4-9,19-20H,3,11H2,1-2H3.